The van der Waals surface area contributed by atoms with Gasteiger partial charge in [0.15, 0.2) is 11.5 Å². The van der Waals surface area contributed by atoms with E-state index in [0.717, 1.165) is 21.5 Å². The van der Waals surface area contributed by atoms with Gasteiger partial charge in [0, 0.05) is 4.47 Å². The van der Waals surface area contributed by atoms with Gasteiger partial charge in [-0.25, -0.2) is 0 Å². The van der Waals surface area contributed by atoms with Crippen LogP contribution in [0.4, 0.5) is 0 Å². The number of halogens is 2. The Labute approximate surface area is 142 Å². The fraction of sp³-hybridized carbons (Fsp3) is 0.294. The molecule has 0 bridgehead atoms. The number of hydrogen-bond acceptors (Lipinski definition) is 2. The summed E-state index contributed by atoms with van der Waals surface area (Å²) < 4.78 is 12.4. The predicted molar refractivity (Wildman–Crippen MR) is 93.7 cm³/mol. The lowest BCUT2D eigenvalue weighted by molar-refractivity contribution is 0.287. The quantitative estimate of drug-likeness (QED) is 0.563. The van der Waals surface area contributed by atoms with Crippen molar-refractivity contribution in [3.8, 4) is 11.5 Å². The highest BCUT2D eigenvalue weighted by molar-refractivity contribution is 9.10. The van der Waals surface area contributed by atoms with Crippen LogP contribution in [0.25, 0.3) is 0 Å². The molecule has 0 aliphatic heterocycles. The van der Waals surface area contributed by atoms with E-state index in [1.807, 2.05) is 38.1 Å². The highest BCUT2D eigenvalue weighted by Crippen LogP contribution is 2.37. The summed E-state index contributed by atoms with van der Waals surface area (Å²) in [6, 6.07) is 14.3. The Bertz CT molecular complexity index is 599. The Morgan fingerprint density at radius 2 is 1.57 bits per heavy atom. The number of ether oxygens (including phenoxy) is 2. The van der Waals surface area contributed by atoms with Crippen LogP contribution in [0.15, 0.2) is 46.9 Å². The molecular formula is C17H18Br2O2. The van der Waals surface area contributed by atoms with E-state index in [1.54, 1.807) is 0 Å². The summed E-state index contributed by atoms with van der Waals surface area (Å²) in [4.78, 5) is 0.116. The van der Waals surface area contributed by atoms with Crippen LogP contribution in [0, 0.1) is 0 Å². The summed E-state index contributed by atoms with van der Waals surface area (Å²) in [5.41, 5.74) is 2.33. The molecule has 1 atom stereocenters. The van der Waals surface area contributed by atoms with Crippen molar-refractivity contribution in [1.29, 1.82) is 0 Å². The maximum atomic E-state index is 5.68. The fourth-order valence-corrected chi connectivity index (χ4v) is 3.07. The van der Waals surface area contributed by atoms with Gasteiger partial charge in [0.05, 0.1) is 18.0 Å². The van der Waals surface area contributed by atoms with Gasteiger partial charge >= 0.3 is 0 Å². The first kappa shape index (κ1) is 16.4. The molecule has 1 unspecified atom stereocenters. The van der Waals surface area contributed by atoms with Crippen molar-refractivity contribution < 1.29 is 9.47 Å². The highest BCUT2D eigenvalue weighted by Gasteiger charge is 2.14. The molecule has 0 radical (unpaired) electrons. The third kappa shape index (κ3) is 4.24. The van der Waals surface area contributed by atoms with Gasteiger partial charge in [-0.15, -0.1) is 0 Å². The van der Waals surface area contributed by atoms with Gasteiger partial charge in [0.1, 0.15) is 0 Å². The average Bonchev–Trinajstić information content (AvgIpc) is 2.49. The van der Waals surface area contributed by atoms with Crippen LogP contribution >= 0.6 is 31.9 Å². The van der Waals surface area contributed by atoms with Crippen LogP contribution in [-0.2, 0) is 0 Å². The molecule has 0 fully saturated rings. The van der Waals surface area contributed by atoms with Gasteiger partial charge in [0.2, 0.25) is 0 Å². The molecule has 0 saturated heterocycles. The summed E-state index contributed by atoms with van der Waals surface area (Å²) in [5, 5.41) is 0. The second kappa shape index (κ2) is 7.85. The number of alkyl halides is 1. The van der Waals surface area contributed by atoms with E-state index in [2.05, 4.69) is 50.1 Å². The van der Waals surface area contributed by atoms with Crippen LogP contribution in [-0.4, -0.2) is 13.2 Å². The van der Waals surface area contributed by atoms with E-state index < -0.39 is 0 Å². The number of benzene rings is 2. The van der Waals surface area contributed by atoms with Gasteiger partial charge < -0.3 is 9.47 Å². The van der Waals surface area contributed by atoms with E-state index in [9.17, 15) is 0 Å². The lowest BCUT2D eigenvalue weighted by Crippen LogP contribution is -2.00. The standard InChI is InChI=1S/C17H18Br2O2/c1-3-20-15-9-8-13(11-16(15)21-4-2)17(19)12-6-5-7-14(18)10-12/h5-11,17H,3-4H2,1-2H3. The van der Waals surface area contributed by atoms with Crippen molar-refractivity contribution in [2.45, 2.75) is 18.7 Å². The topological polar surface area (TPSA) is 18.5 Å². The van der Waals surface area contributed by atoms with Crippen LogP contribution in [0.1, 0.15) is 29.8 Å². The second-order valence-corrected chi connectivity index (χ2v) is 6.32. The molecule has 2 nitrogen and oxygen atoms in total. The smallest absolute Gasteiger partial charge is 0.161 e. The zero-order valence-electron chi connectivity index (χ0n) is 12.1. The zero-order chi connectivity index (χ0) is 15.2. The summed E-state index contributed by atoms with van der Waals surface area (Å²) in [6.07, 6.45) is 0. The largest absolute Gasteiger partial charge is 0.490 e. The maximum Gasteiger partial charge on any atom is 0.161 e. The van der Waals surface area contributed by atoms with Crippen molar-refractivity contribution in [3.63, 3.8) is 0 Å². The molecule has 112 valence electrons. The molecule has 0 heterocycles. The van der Waals surface area contributed by atoms with Crippen LogP contribution in [0.5, 0.6) is 11.5 Å². The first-order valence-corrected chi connectivity index (χ1v) is 8.65. The summed E-state index contributed by atoms with van der Waals surface area (Å²) in [7, 11) is 0. The summed E-state index contributed by atoms with van der Waals surface area (Å²) >= 11 is 7.27. The Balaban J connectivity index is 2.32. The van der Waals surface area contributed by atoms with Crippen LogP contribution in [0.2, 0.25) is 0 Å². The molecule has 0 aliphatic carbocycles. The molecule has 0 amide bonds. The van der Waals surface area contributed by atoms with E-state index in [1.165, 1.54) is 5.56 Å². The fourth-order valence-electron chi connectivity index (χ4n) is 2.08. The van der Waals surface area contributed by atoms with Crippen molar-refractivity contribution in [2.24, 2.45) is 0 Å². The molecule has 2 aromatic rings. The predicted octanol–water partition coefficient (Wildman–Crippen LogP) is 5.73. The lowest BCUT2D eigenvalue weighted by Gasteiger charge is -2.16. The Hall–Kier alpha value is -1.00. The van der Waals surface area contributed by atoms with Crippen molar-refractivity contribution in [2.75, 3.05) is 13.2 Å². The molecular weight excluding hydrogens is 396 g/mol. The molecule has 0 aromatic heterocycles. The third-order valence-corrected chi connectivity index (χ3v) is 4.55. The molecule has 0 aliphatic rings. The average molecular weight is 414 g/mol. The molecule has 0 N–H and O–H groups in total. The van der Waals surface area contributed by atoms with Crippen molar-refractivity contribution in [1.82, 2.24) is 0 Å². The Kier molecular flexibility index (Phi) is 6.12. The van der Waals surface area contributed by atoms with Gasteiger partial charge in [-0.2, -0.15) is 0 Å². The first-order chi connectivity index (χ1) is 10.2. The van der Waals surface area contributed by atoms with E-state index in [-0.39, 0.29) is 4.83 Å². The van der Waals surface area contributed by atoms with Crippen LogP contribution in [0.3, 0.4) is 0 Å². The van der Waals surface area contributed by atoms with E-state index >= 15 is 0 Å². The molecule has 0 saturated carbocycles. The van der Waals surface area contributed by atoms with Crippen molar-refractivity contribution >= 4 is 31.9 Å². The van der Waals surface area contributed by atoms with Gasteiger partial charge in [-0.3, -0.25) is 0 Å². The minimum Gasteiger partial charge on any atom is -0.490 e. The third-order valence-electron chi connectivity index (χ3n) is 3.00. The monoisotopic (exact) mass is 412 g/mol. The Morgan fingerprint density at radius 1 is 0.905 bits per heavy atom. The SMILES string of the molecule is CCOc1ccc(C(Br)c2cccc(Br)c2)cc1OCC. The van der Waals surface area contributed by atoms with Crippen LogP contribution < -0.4 is 9.47 Å². The summed E-state index contributed by atoms with van der Waals surface area (Å²) in [5.74, 6) is 1.58. The normalized spacial score (nSPS) is 12.0. The second-order valence-electron chi connectivity index (χ2n) is 4.49. The summed E-state index contributed by atoms with van der Waals surface area (Å²) in [6.45, 7) is 5.19. The number of rotatable bonds is 6. The Morgan fingerprint density at radius 3 is 2.24 bits per heavy atom. The van der Waals surface area contributed by atoms with Crippen molar-refractivity contribution in [3.05, 3.63) is 58.1 Å². The van der Waals surface area contributed by atoms with Gasteiger partial charge in [-0.05, 0) is 49.2 Å². The van der Waals surface area contributed by atoms with E-state index in [0.29, 0.717) is 13.2 Å². The first-order valence-electron chi connectivity index (χ1n) is 6.94. The molecule has 21 heavy (non-hydrogen) atoms. The molecule has 0 spiro atoms. The highest BCUT2D eigenvalue weighted by atomic mass is 79.9. The van der Waals surface area contributed by atoms with Gasteiger partial charge in [0.25, 0.3) is 0 Å². The van der Waals surface area contributed by atoms with E-state index in [4.69, 9.17) is 9.47 Å². The molecule has 2 aromatic carbocycles. The minimum atomic E-state index is 0.116. The minimum absolute atomic E-state index is 0.116. The maximum absolute atomic E-state index is 5.68. The van der Waals surface area contributed by atoms with Gasteiger partial charge in [-0.1, -0.05) is 50.1 Å². The molecule has 2 rings (SSSR count). The zero-order valence-corrected chi connectivity index (χ0v) is 15.3. The molecule has 4 heteroatoms. The lowest BCUT2D eigenvalue weighted by atomic mass is 10.0. The number of hydrogen-bond donors (Lipinski definition) is 0.